The highest BCUT2D eigenvalue weighted by Crippen LogP contribution is 2.32. The molecule has 0 N–H and O–H groups in total. The quantitative estimate of drug-likeness (QED) is 0.681. The number of nitrogens with zero attached hydrogens (tertiary/aromatic N) is 1. The Morgan fingerprint density at radius 3 is 2.47 bits per heavy atom. The third-order valence-corrected chi connectivity index (χ3v) is 2.34. The Morgan fingerprint density at radius 1 is 1.47 bits per heavy atom. The normalized spacial score (nSPS) is 24.9. The van der Waals surface area contributed by atoms with Crippen molar-refractivity contribution in [3.05, 3.63) is 0 Å². The fourth-order valence-electron chi connectivity index (χ4n) is 1.56. The molecular weight excluding hydrogens is 243 g/mol. The maximum absolute atomic E-state index is 12.6. The largest absolute Gasteiger partial charge is 0.467 e. The second-order valence-electron chi connectivity index (χ2n) is 3.42. The number of methoxy groups -OCH3 is 1. The summed E-state index contributed by atoms with van der Waals surface area (Å²) < 4.78 is 46.5. The van der Waals surface area contributed by atoms with E-state index in [2.05, 4.69) is 9.47 Å². The molecule has 1 aliphatic rings. The van der Waals surface area contributed by atoms with Crippen LogP contribution in [0.5, 0.6) is 0 Å². The van der Waals surface area contributed by atoms with Crippen LogP contribution >= 0.6 is 0 Å². The number of hydrogen-bond donors (Lipinski definition) is 0. The molecule has 0 bridgehead atoms. The van der Waals surface area contributed by atoms with Crippen LogP contribution in [0.1, 0.15) is 13.3 Å². The first-order valence-electron chi connectivity index (χ1n) is 4.90. The highest BCUT2D eigenvalue weighted by atomic mass is 19.4. The van der Waals surface area contributed by atoms with Crippen molar-refractivity contribution in [2.45, 2.75) is 31.8 Å². The molecule has 17 heavy (non-hydrogen) atoms. The molecular formula is C9H12F3NO4. The number of hydrogen-bond acceptors (Lipinski definition) is 4. The molecule has 1 heterocycles. The van der Waals surface area contributed by atoms with Gasteiger partial charge in [0.05, 0.1) is 13.7 Å². The van der Waals surface area contributed by atoms with Gasteiger partial charge in [0.15, 0.2) is 6.04 Å². The molecule has 0 radical (unpaired) electrons. The van der Waals surface area contributed by atoms with Crippen LogP contribution in [0.3, 0.4) is 0 Å². The second kappa shape index (κ2) is 4.91. The lowest BCUT2D eigenvalue weighted by Gasteiger charge is -2.27. The zero-order valence-electron chi connectivity index (χ0n) is 9.28. The van der Waals surface area contributed by atoms with Crippen molar-refractivity contribution in [1.82, 2.24) is 4.90 Å². The Kier molecular flexibility index (Phi) is 3.97. The van der Waals surface area contributed by atoms with Gasteiger partial charge >= 0.3 is 12.1 Å². The molecule has 2 atom stereocenters. The van der Waals surface area contributed by atoms with Gasteiger partial charge in [0.1, 0.15) is 0 Å². The minimum Gasteiger partial charge on any atom is -0.467 e. The number of esters is 1. The fraction of sp³-hybridized carbons (Fsp3) is 0.778. The molecule has 8 heteroatoms. The van der Waals surface area contributed by atoms with Gasteiger partial charge in [0.25, 0.3) is 0 Å². The average molecular weight is 255 g/mol. The third-order valence-electron chi connectivity index (χ3n) is 2.34. The van der Waals surface area contributed by atoms with Gasteiger partial charge in [-0.15, -0.1) is 0 Å². The predicted octanol–water partition coefficient (Wildman–Crippen LogP) is 0.685. The molecule has 0 aromatic rings. The van der Waals surface area contributed by atoms with Crippen LogP contribution in [0.25, 0.3) is 0 Å². The van der Waals surface area contributed by atoms with Crippen LogP contribution in [0.2, 0.25) is 0 Å². The summed E-state index contributed by atoms with van der Waals surface area (Å²) in [6.07, 6.45) is -7.25. The summed E-state index contributed by atoms with van der Waals surface area (Å²) in [6, 6.07) is -1.33. The third kappa shape index (κ3) is 2.68. The van der Waals surface area contributed by atoms with E-state index in [4.69, 9.17) is 0 Å². The summed E-state index contributed by atoms with van der Waals surface area (Å²) in [4.78, 5) is 23.1. The van der Waals surface area contributed by atoms with Gasteiger partial charge in [-0.2, -0.15) is 13.2 Å². The predicted molar refractivity (Wildman–Crippen MR) is 48.7 cm³/mol. The van der Waals surface area contributed by atoms with E-state index < -0.39 is 36.9 Å². The number of amides is 1. The summed E-state index contributed by atoms with van der Waals surface area (Å²) >= 11 is 0. The minimum atomic E-state index is -4.73. The lowest BCUT2D eigenvalue weighted by Crippen LogP contribution is -2.51. The topological polar surface area (TPSA) is 55.8 Å². The smallest absolute Gasteiger partial charge is 0.433 e. The molecule has 0 saturated carbocycles. The molecule has 0 unspecified atom stereocenters. The summed E-state index contributed by atoms with van der Waals surface area (Å²) in [6.45, 7) is 0.894. The maximum atomic E-state index is 12.6. The summed E-state index contributed by atoms with van der Waals surface area (Å²) in [5.74, 6) is -1.72. The van der Waals surface area contributed by atoms with Crippen LogP contribution in [-0.4, -0.2) is 48.9 Å². The molecule has 0 aromatic heterocycles. The maximum Gasteiger partial charge on any atom is 0.433 e. The molecule has 0 aromatic carbocycles. The zero-order valence-corrected chi connectivity index (χ0v) is 9.28. The number of carbonyl (C=O) groups excluding carboxylic acids is 2. The van der Waals surface area contributed by atoms with Crippen molar-refractivity contribution in [1.29, 1.82) is 0 Å². The lowest BCUT2D eigenvalue weighted by atomic mass is 10.2. The number of carbonyl (C=O) groups is 2. The van der Waals surface area contributed by atoms with Crippen LogP contribution in [-0.2, 0) is 19.1 Å². The van der Waals surface area contributed by atoms with Gasteiger partial charge in [-0.1, -0.05) is 6.92 Å². The molecule has 1 fully saturated rings. The Balaban J connectivity index is 2.97. The van der Waals surface area contributed by atoms with Crippen molar-refractivity contribution in [3.8, 4) is 0 Å². The van der Waals surface area contributed by atoms with Gasteiger partial charge in [-0.3, -0.25) is 9.69 Å². The monoisotopic (exact) mass is 255 g/mol. The number of rotatable bonds is 2. The van der Waals surface area contributed by atoms with E-state index >= 15 is 0 Å². The second-order valence-corrected chi connectivity index (χ2v) is 3.42. The van der Waals surface area contributed by atoms with Gasteiger partial charge < -0.3 is 9.47 Å². The summed E-state index contributed by atoms with van der Waals surface area (Å²) in [5.41, 5.74) is 0. The number of alkyl halides is 3. The first-order chi connectivity index (χ1) is 7.82. The van der Waals surface area contributed by atoms with Crippen LogP contribution in [0, 0.1) is 0 Å². The minimum absolute atomic E-state index is 0.149. The number of ether oxygens (including phenoxy) is 2. The molecule has 98 valence electrons. The molecule has 1 saturated heterocycles. The highest BCUT2D eigenvalue weighted by molar-refractivity contribution is 5.85. The van der Waals surface area contributed by atoms with E-state index in [0.717, 1.165) is 7.11 Å². The van der Waals surface area contributed by atoms with Crippen molar-refractivity contribution in [2.24, 2.45) is 0 Å². The van der Waals surface area contributed by atoms with Crippen LogP contribution < -0.4 is 0 Å². The van der Waals surface area contributed by atoms with Crippen LogP contribution in [0.15, 0.2) is 0 Å². The molecule has 0 aliphatic carbocycles. The van der Waals surface area contributed by atoms with Gasteiger partial charge in [0, 0.05) is 6.42 Å². The SMILES string of the molecule is CCC(=O)N1[C@H](C(=O)OC)CO[C@@H]1C(F)(F)F. The Labute approximate surface area is 95.5 Å². The van der Waals surface area contributed by atoms with Crippen LogP contribution in [0.4, 0.5) is 13.2 Å². The van der Waals surface area contributed by atoms with E-state index in [0.29, 0.717) is 4.90 Å². The van der Waals surface area contributed by atoms with Crippen molar-refractivity contribution >= 4 is 11.9 Å². The number of halogens is 3. The van der Waals surface area contributed by atoms with Crippen molar-refractivity contribution in [3.63, 3.8) is 0 Å². The summed E-state index contributed by atoms with van der Waals surface area (Å²) in [7, 11) is 1.04. The molecule has 1 amide bonds. The van der Waals surface area contributed by atoms with Gasteiger partial charge in [0.2, 0.25) is 12.1 Å². The van der Waals surface area contributed by atoms with E-state index in [1.54, 1.807) is 0 Å². The zero-order chi connectivity index (χ0) is 13.2. The van der Waals surface area contributed by atoms with E-state index in [-0.39, 0.29) is 6.42 Å². The Bertz CT molecular complexity index is 318. The fourth-order valence-corrected chi connectivity index (χ4v) is 1.56. The van der Waals surface area contributed by atoms with Crippen molar-refractivity contribution in [2.75, 3.05) is 13.7 Å². The van der Waals surface area contributed by atoms with Gasteiger partial charge in [-0.05, 0) is 0 Å². The first-order valence-corrected chi connectivity index (χ1v) is 4.90. The van der Waals surface area contributed by atoms with Crippen molar-refractivity contribution < 1.29 is 32.2 Å². The van der Waals surface area contributed by atoms with E-state index in [9.17, 15) is 22.8 Å². The van der Waals surface area contributed by atoms with Gasteiger partial charge in [-0.25, -0.2) is 4.79 Å². The Morgan fingerprint density at radius 2 is 2.06 bits per heavy atom. The molecule has 0 spiro atoms. The highest BCUT2D eigenvalue weighted by Gasteiger charge is 2.54. The van der Waals surface area contributed by atoms with E-state index in [1.165, 1.54) is 6.92 Å². The lowest BCUT2D eigenvalue weighted by molar-refractivity contribution is -0.239. The molecule has 5 nitrogen and oxygen atoms in total. The Hall–Kier alpha value is -1.31. The first kappa shape index (κ1) is 13.8. The summed E-state index contributed by atoms with van der Waals surface area (Å²) in [5, 5.41) is 0. The molecule has 1 rings (SSSR count). The standard InChI is InChI=1S/C9H12F3NO4/c1-3-6(14)13-5(7(15)16-2)4-17-8(13)9(10,11)12/h5,8H,3-4H2,1-2H3/t5-,8+/m0/s1. The molecule has 1 aliphatic heterocycles. The van der Waals surface area contributed by atoms with E-state index in [1.807, 2.05) is 0 Å². The average Bonchev–Trinajstić information content (AvgIpc) is 2.70.